The Morgan fingerprint density at radius 2 is 1.58 bits per heavy atom. The molecule has 1 aromatic rings. The van der Waals surface area contributed by atoms with Crippen molar-refractivity contribution in [1.82, 2.24) is 4.90 Å². The number of carboxylic acids is 1. The number of carboxylic acid groups (broad SMARTS) is 1. The summed E-state index contributed by atoms with van der Waals surface area (Å²) >= 11 is 0. The summed E-state index contributed by atoms with van der Waals surface area (Å²) in [6.07, 6.45) is 2.27. The number of carbonyl (C=O) groups excluding carboxylic acids is 2. The van der Waals surface area contributed by atoms with Crippen LogP contribution in [0.2, 0.25) is 0 Å². The maximum Gasteiger partial charge on any atom is 0.303 e. The van der Waals surface area contributed by atoms with E-state index in [4.69, 9.17) is 5.11 Å². The Balaban J connectivity index is 2.59. The van der Waals surface area contributed by atoms with Gasteiger partial charge in [0.15, 0.2) is 0 Å². The van der Waals surface area contributed by atoms with Crippen LogP contribution in [0.25, 0.3) is 0 Å². The van der Waals surface area contributed by atoms with E-state index in [2.05, 4.69) is 5.32 Å². The Morgan fingerprint density at radius 1 is 1.00 bits per heavy atom. The maximum absolute atomic E-state index is 12.4. The zero-order chi connectivity index (χ0) is 17.9. The smallest absolute Gasteiger partial charge is 0.303 e. The van der Waals surface area contributed by atoms with Crippen molar-refractivity contribution >= 4 is 23.5 Å². The molecule has 0 heterocycles. The molecule has 0 aliphatic rings. The molecule has 0 spiro atoms. The van der Waals surface area contributed by atoms with E-state index < -0.39 is 5.97 Å². The third kappa shape index (κ3) is 6.81. The van der Waals surface area contributed by atoms with Gasteiger partial charge in [-0.2, -0.15) is 0 Å². The number of hydrogen-bond acceptors (Lipinski definition) is 3. The van der Waals surface area contributed by atoms with Crippen LogP contribution >= 0.6 is 0 Å². The number of amides is 2. The highest BCUT2D eigenvalue weighted by molar-refractivity contribution is 5.95. The van der Waals surface area contributed by atoms with E-state index in [0.717, 1.165) is 25.9 Å². The lowest BCUT2D eigenvalue weighted by molar-refractivity contribution is -0.137. The Bertz CT molecular complexity index is 549. The number of aliphatic carboxylic acids is 1. The fourth-order valence-electron chi connectivity index (χ4n) is 2.36. The Morgan fingerprint density at radius 3 is 2.08 bits per heavy atom. The first-order chi connectivity index (χ1) is 11.5. The largest absolute Gasteiger partial charge is 0.481 e. The lowest BCUT2D eigenvalue weighted by Gasteiger charge is -2.21. The maximum atomic E-state index is 12.4. The number of hydrogen-bond donors (Lipinski definition) is 2. The normalized spacial score (nSPS) is 10.2. The molecule has 6 nitrogen and oxygen atoms in total. The SMILES string of the molecule is CCCN(CCC)C(=O)c1ccc(NC(=O)CCCC(=O)O)cc1. The number of benzene rings is 1. The fraction of sp³-hybridized carbons (Fsp3) is 0.500. The minimum absolute atomic E-state index is 0.00182. The summed E-state index contributed by atoms with van der Waals surface area (Å²) in [5.41, 5.74) is 1.20. The molecule has 0 saturated heterocycles. The van der Waals surface area contributed by atoms with E-state index in [0.29, 0.717) is 17.7 Å². The molecule has 1 aromatic carbocycles. The van der Waals surface area contributed by atoms with E-state index in [1.165, 1.54) is 0 Å². The average molecular weight is 334 g/mol. The molecule has 0 saturated carbocycles. The van der Waals surface area contributed by atoms with Crippen molar-refractivity contribution in [2.45, 2.75) is 46.0 Å². The molecular weight excluding hydrogens is 308 g/mol. The highest BCUT2D eigenvalue weighted by Gasteiger charge is 2.14. The van der Waals surface area contributed by atoms with Gasteiger partial charge >= 0.3 is 5.97 Å². The van der Waals surface area contributed by atoms with Crippen LogP contribution < -0.4 is 5.32 Å². The van der Waals surface area contributed by atoms with Crippen molar-refractivity contribution in [3.8, 4) is 0 Å². The van der Waals surface area contributed by atoms with Gasteiger partial charge in [-0.05, 0) is 43.5 Å². The minimum Gasteiger partial charge on any atom is -0.481 e. The molecule has 0 aliphatic carbocycles. The second kappa shape index (κ2) is 10.4. The molecule has 132 valence electrons. The zero-order valence-electron chi connectivity index (χ0n) is 14.4. The number of carbonyl (C=O) groups is 3. The average Bonchev–Trinajstić information content (AvgIpc) is 2.54. The van der Waals surface area contributed by atoms with Crippen LogP contribution in [-0.2, 0) is 9.59 Å². The molecule has 0 fully saturated rings. The fourth-order valence-corrected chi connectivity index (χ4v) is 2.36. The highest BCUT2D eigenvalue weighted by atomic mass is 16.4. The molecule has 0 atom stereocenters. The summed E-state index contributed by atoms with van der Waals surface area (Å²) in [6.45, 7) is 5.54. The van der Waals surface area contributed by atoms with Crippen molar-refractivity contribution in [3.63, 3.8) is 0 Å². The molecule has 2 N–H and O–H groups in total. The van der Waals surface area contributed by atoms with Gasteiger partial charge in [0.05, 0.1) is 0 Å². The number of anilines is 1. The van der Waals surface area contributed by atoms with Crippen LogP contribution in [0.1, 0.15) is 56.3 Å². The molecular formula is C18H26N2O4. The number of rotatable bonds is 10. The molecule has 6 heteroatoms. The molecule has 2 amide bonds. The second-order valence-corrected chi connectivity index (χ2v) is 5.67. The molecule has 24 heavy (non-hydrogen) atoms. The van der Waals surface area contributed by atoms with Crippen molar-refractivity contribution in [2.24, 2.45) is 0 Å². The summed E-state index contributed by atoms with van der Waals surface area (Å²) in [6, 6.07) is 6.79. The van der Waals surface area contributed by atoms with Crippen LogP contribution in [0.5, 0.6) is 0 Å². The first-order valence-corrected chi connectivity index (χ1v) is 8.38. The first kappa shape index (κ1) is 19.7. The summed E-state index contributed by atoms with van der Waals surface area (Å²) in [4.78, 5) is 36.4. The first-order valence-electron chi connectivity index (χ1n) is 8.38. The van der Waals surface area contributed by atoms with E-state index in [-0.39, 0.29) is 24.7 Å². The van der Waals surface area contributed by atoms with Crippen LogP contribution in [0.4, 0.5) is 5.69 Å². The molecule has 1 rings (SSSR count). The van der Waals surface area contributed by atoms with E-state index >= 15 is 0 Å². The van der Waals surface area contributed by atoms with Crippen molar-refractivity contribution in [2.75, 3.05) is 18.4 Å². The van der Waals surface area contributed by atoms with E-state index in [9.17, 15) is 14.4 Å². The molecule has 0 bridgehead atoms. The molecule has 0 radical (unpaired) electrons. The third-order valence-corrected chi connectivity index (χ3v) is 3.48. The summed E-state index contributed by atoms with van der Waals surface area (Å²) in [5, 5.41) is 11.3. The minimum atomic E-state index is -0.908. The van der Waals surface area contributed by atoms with E-state index in [1.54, 1.807) is 24.3 Å². The second-order valence-electron chi connectivity index (χ2n) is 5.67. The Kier molecular flexibility index (Phi) is 8.54. The topological polar surface area (TPSA) is 86.7 Å². The van der Waals surface area contributed by atoms with Gasteiger partial charge in [-0.3, -0.25) is 14.4 Å². The van der Waals surface area contributed by atoms with Gasteiger partial charge < -0.3 is 15.3 Å². The summed E-state index contributed by atoms with van der Waals surface area (Å²) in [5.74, 6) is -1.14. The van der Waals surface area contributed by atoms with E-state index in [1.807, 2.05) is 18.7 Å². The van der Waals surface area contributed by atoms with Crippen molar-refractivity contribution in [3.05, 3.63) is 29.8 Å². The van der Waals surface area contributed by atoms with Crippen molar-refractivity contribution in [1.29, 1.82) is 0 Å². The van der Waals surface area contributed by atoms with Gasteiger partial charge in [0.2, 0.25) is 5.91 Å². The molecule has 0 unspecified atom stereocenters. The Hall–Kier alpha value is -2.37. The van der Waals surface area contributed by atoms with Crippen LogP contribution in [0.15, 0.2) is 24.3 Å². The van der Waals surface area contributed by atoms with Gasteiger partial charge in [0.1, 0.15) is 0 Å². The van der Waals surface area contributed by atoms with Crippen LogP contribution in [0, 0.1) is 0 Å². The van der Waals surface area contributed by atoms with Crippen LogP contribution in [-0.4, -0.2) is 40.9 Å². The lowest BCUT2D eigenvalue weighted by Crippen LogP contribution is -2.32. The predicted octanol–water partition coefficient (Wildman–Crippen LogP) is 3.14. The van der Waals surface area contributed by atoms with Crippen LogP contribution in [0.3, 0.4) is 0 Å². The summed E-state index contributed by atoms with van der Waals surface area (Å²) in [7, 11) is 0. The molecule has 0 aromatic heterocycles. The van der Waals surface area contributed by atoms with Gasteiger partial charge in [-0.25, -0.2) is 0 Å². The van der Waals surface area contributed by atoms with Crippen molar-refractivity contribution < 1.29 is 19.5 Å². The highest BCUT2D eigenvalue weighted by Crippen LogP contribution is 2.13. The molecule has 0 aliphatic heterocycles. The number of nitrogens with zero attached hydrogens (tertiary/aromatic N) is 1. The monoisotopic (exact) mass is 334 g/mol. The van der Waals surface area contributed by atoms with Gasteiger partial charge in [0.25, 0.3) is 5.91 Å². The lowest BCUT2D eigenvalue weighted by atomic mass is 10.1. The van der Waals surface area contributed by atoms with Gasteiger partial charge in [-0.1, -0.05) is 13.8 Å². The Labute approximate surface area is 142 Å². The summed E-state index contributed by atoms with van der Waals surface area (Å²) < 4.78 is 0. The quantitative estimate of drug-likeness (QED) is 0.688. The number of nitrogens with one attached hydrogen (secondary N) is 1. The zero-order valence-corrected chi connectivity index (χ0v) is 14.4. The van der Waals surface area contributed by atoms with Gasteiger partial charge in [0, 0.05) is 37.2 Å². The third-order valence-electron chi connectivity index (χ3n) is 3.48. The van der Waals surface area contributed by atoms with Gasteiger partial charge in [-0.15, -0.1) is 0 Å². The standard InChI is InChI=1S/C18H26N2O4/c1-3-12-20(13-4-2)18(24)14-8-10-15(11-9-14)19-16(21)6-5-7-17(22)23/h8-11H,3-7,12-13H2,1-2H3,(H,19,21)(H,22,23). The predicted molar refractivity (Wildman–Crippen MR) is 93.0 cm³/mol.